The van der Waals surface area contributed by atoms with Crippen molar-refractivity contribution in [1.29, 1.82) is 0 Å². The topological polar surface area (TPSA) is 73.7 Å². The maximum absolute atomic E-state index is 5.64. The van der Waals surface area contributed by atoms with Crippen LogP contribution in [0.5, 0.6) is 0 Å². The summed E-state index contributed by atoms with van der Waals surface area (Å²) in [5.41, 5.74) is 4.96. The summed E-state index contributed by atoms with van der Waals surface area (Å²) in [6.07, 6.45) is 5.53. The fourth-order valence-corrected chi connectivity index (χ4v) is 2.18. The molecule has 0 fully saturated rings. The van der Waals surface area contributed by atoms with Gasteiger partial charge in [0.15, 0.2) is 0 Å². The Morgan fingerprint density at radius 2 is 2.22 bits per heavy atom. The summed E-state index contributed by atoms with van der Waals surface area (Å²) in [6, 6.07) is 2.15. The molecule has 6 heteroatoms. The summed E-state index contributed by atoms with van der Waals surface area (Å²) in [5, 5.41) is 4.34. The summed E-state index contributed by atoms with van der Waals surface area (Å²) in [6.45, 7) is 1.98. The summed E-state index contributed by atoms with van der Waals surface area (Å²) < 4.78 is 3.90. The lowest BCUT2D eigenvalue weighted by molar-refractivity contribution is 0.473. The van der Waals surface area contributed by atoms with E-state index in [-0.39, 0.29) is 6.04 Å². The number of aromatic nitrogens is 4. The first-order valence-electron chi connectivity index (χ1n) is 6.04. The zero-order valence-corrected chi connectivity index (χ0v) is 11.1. The summed E-state index contributed by atoms with van der Waals surface area (Å²) in [4.78, 5) is 4.32. The van der Waals surface area contributed by atoms with Crippen LogP contribution in [0.4, 0.5) is 0 Å². The van der Waals surface area contributed by atoms with E-state index in [4.69, 9.17) is 5.84 Å². The third-order valence-corrected chi connectivity index (χ3v) is 3.17. The lowest BCUT2D eigenvalue weighted by Gasteiger charge is -2.15. The van der Waals surface area contributed by atoms with E-state index in [1.165, 1.54) is 0 Å². The van der Waals surface area contributed by atoms with Crippen molar-refractivity contribution in [2.24, 2.45) is 19.9 Å². The minimum atomic E-state index is 0.0906. The van der Waals surface area contributed by atoms with Crippen LogP contribution in [-0.2, 0) is 20.5 Å². The molecule has 0 bridgehead atoms. The Hall–Kier alpha value is -1.66. The van der Waals surface area contributed by atoms with Crippen LogP contribution >= 0.6 is 0 Å². The third-order valence-electron chi connectivity index (χ3n) is 3.17. The predicted octanol–water partition coefficient (Wildman–Crippen LogP) is 0.599. The van der Waals surface area contributed by atoms with Crippen LogP contribution < -0.4 is 11.3 Å². The second kappa shape index (κ2) is 5.32. The van der Waals surface area contributed by atoms with Crippen molar-refractivity contribution in [2.75, 3.05) is 0 Å². The minimum Gasteiger partial charge on any atom is -0.338 e. The lowest BCUT2D eigenvalue weighted by Crippen LogP contribution is -2.30. The van der Waals surface area contributed by atoms with E-state index in [1.807, 2.05) is 42.7 Å². The number of aryl methyl sites for hydroxylation is 4. The van der Waals surface area contributed by atoms with Gasteiger partial charge in [0, 0.05) is 32.9 Å². The SMILES string of the molecule is Cc1cc(C(CCc2nccn2C)NN)n(C)n1. The number of imidazole rings is 1. The first-order valence-corrected chi connectivity index (χ1v) is 6.04. The largest absolute Gasteiger partial charge is 0.338 e. The molecule has 0 aliphatic rings. The monoisotopic (exact) mass is 248 g/mol. The van der Waals surface area contributed by atoms with Crippen LogP contribution in [-0.4, -0.2) is 19.3 Å². The predicted molar refractivity (Wildman–Crippen MR) is 69.5 cm³/mol. The molecule has 6 nitrogen and oxygen atoms in total. The average molecular weight is 248 g/mol. The quantitative estimate of drug-likeness (QED) is 0.600. The van der Waals surface area contributed by atoms with Gasteiger partial charge in [-0.3, -0.25) is 16.0 Å². The Kier molecular flexibility index (Phi) is 3.78. The molecule has 2 aromatic heterocycles. The van der Waals surface area contributed by atoms with E-state index in [1.54, 1.807) is 0 Å². The van der Waals surface area contributed by atoms with Crippen molar-refractivity contribution >= 4 is 0 Å². The molecule has 0 amide bonds. The van der Waals surface area contributed by atoms with E-state index in [9.17, 15) is 0 Å². The van der Waals surface area contributed by atoms with Crippen LogP contribution in [0, 0.1) is 6.92 Å². The molecule has 98 valence electrons. The Morgan fingerprint density at radius 1 is 1.44 bits per heavy atom. The highest BCUT2D eigenvalue weighted by Gasteiger charge is 2.15. The number of nitrogens with zero attached hydrogens (tertiary/aromatic N) is 4. The average Bonchev–Trinajstić information content (AvgIpc) is 2.87. The Balaban J connectivity index is 2.06. The van der Waals surface area contributed by atoms with Gasteiger partial charge in [-0.25, -0.2) is 4.98 Å². The number of nitrogens with two attached hydrogens (primary N) is 1. The molecule has 2 heterocycles. The molecule has 1 unspecified atom stereocenters. The van der Waals surface area contributed by atoms with Crippen molar-refractivity contribution in [1.82, 2.24) is 24.8 Å². The summed E-state index contributed by atoms with van der Waals surface area (Å²) in [7, 11) is 3.94. The molecule has 2 rings (SSSR count). The fraction of sp³-hybridized carbons (Fsp3) is 0.500. The second-order valence-electron chi connectivity index (χ2n) is 4.55. The van der Waals surface area contributed by atoms with E-state index in [2.05, 4.69) is 21.6 Å². The van der Waals surface area contributed by atoms with Gasteiger partial charge in [0.1, 0.15) is 5.82 Å². The molecular formula is C12H20N6. The standard InChI is InChI=1S/C12H20N6/c1-9-8-11(18(3)16-9)10(15-13)4-5-12-14-6-7-17(12)2/h6-8,10,15H,4-5,13H2,1-3H3. The van der Waals surface area contributed by atoms with Gasteiger partial charge in [-0.15, -0.1) is 0 Å². The van der Waals surface area contributed by atoms with Gasteiger partial charge in [0.25, 0.3) is 0 Å². The van der Waals surface area contributed by atoms with Gasteiger partial charge in [0.2, 0.25) is 0 Å². The molecule has 0 saturated carbocycles. The highest BCUT2D eigenvalue weighted by atomic mass is 15.3. The van der Waals surface area contributed by atoms with Crippen LogP contribution in [0.25, 0.3) is 0 Å². The number of hydrogen-bond acceptors (Lipinski definition) is 4. The van der Waals surface area contributed by atoms with Crippen molar-refractivity contribution in [2.45, 2.75) is 25.8 Å². The maximum atomic E-state index is 5.64. The molecule has 0 aliphatic carbocycles. The van der Waals surface area contributed by atoms with Crippen molar-refractivity contribution in [3.63, 3.8) is 0 Å². The summed E-state index contributed by atoms with van der Waals surface area (Å²) >= 11 is 0. The Bertz CT molecular complexity index is 512. The molecule has 0 aliphatic heterocycles. The fourth-order valence-electron chi connectivity index (χ4n) is 2.18. The van der Waals surface area contributed by atoms with E-state index in [0.29, 0.717) is 0 Å². The highest BCUT2D eigenvalue weighted by Crippen LogP contribution is 2.18. The van der Waals surface area contributed by atoms with E-state index >= 15 is 0 Å². The maximum Gasteiger partial charge on any atom is 0.108 e. The molecule has 3 N–H and O–H groups in total. The molecular weight excluding hydrogens is 228 g/mol. The van der Waals surface area contributed by atoms with Crippen molar-refractivity contribution in [3.05, 3.63) is 35.7 Å². The number of nitrogens with one attached hydrogen (secondary N) is 1. The van der Waals surface area contributed by atoms with Gasteiger partial charge in [-0.2, -0.15) is 5.10 Å². The molecule has 0 radical (unpaired) electrons. The first kappa shape index (κ1) is 12.8. The lowest BCUT2D eigenvalue weighted by atomic mass is 10.1. The normalized spacial score (nSPS) is 12.9. The minimum absolute atomic E-state index is 0.0906. The van der Waals surface area contributed by atoms with Gasteiger partial charge >= 0.3 is 0 Å². The van der Waals surface area contributed by atoms with E-state index < -0.39 is 0 Å². The highest BCUT2D eigenvalue weighted by molar-refractivity contribution is 5.13. The Morgan fingerprint density at radius 3 is 2.72 bits per heavy atom. The zero-order valence-electron chi connectivity index (χ0n) is 11.1. The molecule has 1 atom stereocenters. The molecule has 0 aromatic carbocycles. The van der Waals surface area contributed by atoms with Crippen LogP contribution in [0.3, 0.4) is 0 Å². The van der Waals surface area contributed by atoms with Crippen LogP contribution in [0.2, 0.25) is 0 Å². The third kappa shape index (κ3) is 2.60. The van der Waals surface area contributed by atoms with Crippen molar-refractivity contribution < 1.29 is 0 Å². The number of hydrogen-bond donors (Lipinski definition) is 2. The van der Waals surface area contributed by atoms with Crippen LogP contribution in [0.1, 0.15) is 29.7 Å². The smallest absolute Gasteiger partial charge is 0.108 e. The van der Waals surface area contributed by atoms with Gasteiger partial charge in [-0.1, -0.05) is 0 Å². The molecule has 18 heavy (non-hydrogen) atoms. The Labute approximate surface area is 107 Å². The van der Waals surface area contributed by atoms with Gasteiger partial charge in [0.05, 0.1) is 17.4 Å². The van der Waals surface area contributed by atoms with Gasteiger partial charge < -0.3 is 4.57 Å². The van der Waals surface area contributed by atoms with Crippen LogP contribution in [0.15, 0.2) is 18.5 Å². The molecule has 0 saturated heterocycles. The summed E-state index contributed by atoms with van der Waals surface area (Å²) in [5.74, 6) is 6.71. The number of hydrazine groups is 1. The zero-order chi connectivity index (χ0) is 13.1. The molecule has 0 spiro atoms. The molecule has 2 aromatic rings. The first-order chi connectivity index (χ1) is 8.61. The number of rotatable bonds is 5. The van der Waals surface area contributed by atoms with Crippen molar-refractivity contribution in [3.8, 4) is 0 Å². The van der Waals surface area contributed by atoms with E-state index in [0.717, 1.165) is 30.1 Å². The second-order valence-corrected chi connectivity index (χ2v) is 4.55. The van der Waals surface area contributed by atoms with Gasteiger partial charge in [-0.05, 0) is 19.4 Å².